The predicted octanol–water partition coefficient (Wildman–Crippen LogP) is 5.34. The molecule has 0 fully saturated rings. The van der Waals surface area contributed by atoms with Gasteiger partial charge in [-0.1, -0.05) is 55.0 Å². The number of hydrogen-bond donors (Lipinski definition) is 0. The minimum absolute atomic E-state index is 0.167. The van der Waals surface area contributed by atoms with Crippen LogP contribution in [0, 0.1) is 0 Å². The van der Waals surface area contributed by atoms with Crippen molar-refractivity contribution in [2.75, 3.05) is 4.90 Å². The molecular weight excluding hydrogens is 294 g/mol. The van der Waals surface area contributed by atoms with Crippen molar-refractivity contribution in [2.24, 2.45) is 0 Å². The molecule has 1 aliphatic carbocycles. The van der Waals surface area contributed by atoms with Gasteiger partial charge in [-0.25, -0.2) is 0 Å². The fourth-order valence-corrected chi connectivity index (χ4v) is 3.67. The van der Waals surface area contributed by atoms with E-state index in [1.807, 2.05) is 53.4 Å². The molecule has 4 rings (SSSR count). The molecule has 2 aromatic rings. The number of anilines is 1. The van der Waals surface area contributed by atoms with Crippen LogP contribution in [0.1, 0.15) is 37.7 Å². The van der Waals surface area contributed by atoms with E-state index in [4.69, 9.17) is 0 Å². The van der Waals surface area contributed by atoms with Gasteiger partial charge < -0.3 is 0 Å². The van der Waals surface area contributed by atoms with E-state index >= 15 is 0 Å². The third-order valence-corrected chi connectivity index (χ3v) is 4.85. The summed E-state index contributed by atoms with van der Waals surface area (Å²) in [6.45, 7) is 0. The lowest BCUT2D eigenvalue weighted by Crippen LogP contribution is -2.25. The molecule has 0 saturated carbocycles. The number of para-hydroxylation sites is 1. The number of rotatable bonds is 2. The van der Waals surface area contributed by atoms with Crippen molar-refractivity contribution in [3.05, 3.63) is 83.1 Å². The Balaban J connectivity index is 1.84. The summed E-state index contributed by atoms with van der Waals surface area (Å²) in [5, 5.41) is 0. The molecule has 0 spiro atoms. The second kappa shape index (κ2) is 6.48. The Morgan fingerprint density at radius 2 is 1.38 bits per heavy atom. The first-order valence-electron chi connectivity index (χ1n) is 8.73. The molecule has 0 N–H and O–H groups in total. The van der Waals surface area contributed by atoms with Gasteiger partial charge >= 0.3 is 0 Å². The van der Waals surface area contributed by atoms with Crippen molar-refractivity contribution in [2.45, 2.75) is 32.1 Å². The van der Waals surface area contributed by atoms with Gasteiger partial charge in [0.2, 0.25) is 0 Å². The van der Waals surface area contributed by atoms with Gasteiger partial charge in [-0.2, -0.15) is 0 Å². The quantitative estimate of drug-likeness (QED) is 0.733. The molecule has 2 aliphatic rings. The van der Waals surface area contributed by atoms with Crippen LogP contribution in [-0.4, -0.2) is 5.91 Å². The molecule has 1 aliphatic heterocycles. The molecule has 0 bridgehead atoms. The Morgan fingerprint density at radius 1 is 0.750 bits per heavy atom. The van der Waals surface area contributed by atoms with Gasteiger partial charge in [-0.15, -0.1) is 0 Å². The van der Waals surface area contributed by atoms with Crippen LogP contribution in [-0.2, 0) is 4.79 Å². The summed E-state index contributed by atoms with van der Waals surface area (Å²) in [6.07, 6.45) is 7.57. The topological polar surface area (TPSA) is 20.3 Å². The minimum Gasteiger partial charge on any atom is -0.277 e. The van der Waals surface area contributed by atoms with E-state index in [0.717, 1.165) is 41.8 Å². The zero-order valence-corrected chi connectivity index (χ0v) is 13.7. The second-order valence-electron chi connectivity index (χ2n) is 6.43. The maximum atomic E-state index is 13.1. The highest BCUT2D eigenvalue weighted by molar-refractivity contribution is 6.14. The molecule has 0 aromatic heterocycles. The summed E-state index contributed by atoms with van der Waals surface area (Å²) >= 11 is 0. The van der Waals surface area contributed by atoms with E-state index in [0.29, 0.717) is 0 Å². The maximum absolute atomic E-state index is 13.1. The normalized spacial score (nSPS) is 19.6. The SMILES string of the molecule is O=C1C2=C(CCCCC2)/C(=C/c2ccccc2)N1c1ccccc1. The first kappa shape index (κ1) is 14.9. The van der Waals surface area contributed by atoms with Crippen LogP contribution >= 0.6 is 0 Å². The Bertz CT molecular complexity index is 802. The summed E-state index contributed by atoms with van der Waals surface area (Å²) < 4.78 is 0. The van der Waals surface area contributed by atoms with Crippen LogP contribution in [0.25, 0.3) is 6.08 Å². The summed E-state index contributed by atoms with van der Waals surface area (Å²) in [7, 11) is 0. The van der Waals surface area contributed by atoms with Crippen LogP contribution in [0.15, 0.2) is 77.5 Å². The van der Waals surface area contributed by atoms with Crippen molar-refractivity contribution in [3.63, 3.8) is 0 Å². The summed E-state index contributed by atoms with van der Waals surface area (Å²) in [4.78, 5) is 15.0. The van der Waals surface area contributed by atoms with E-state index in [9.17, 15) is 4.79 Å². The lowest BCUT2D eigenvalue weighted by atomic mass is 10.0. The third kappa shape index (κ3) is 2.69. The lowest BCUT2D eigenvalue weighted by Gasteiger charge is -2.21. The van der Waals surface area contributed by atoms with E-state index in [1.54, 1.807) is 0 Å². The van der Waals surface area contributed by atoms with Crippen LogP contribution in [0.3, 0.4) is 0 Å². The highest BCUT2D eigenvalue weighted by Gasteiger charge is 2.35. The monoisotopic (exact) mass is 315 g/mol. The van der Waals surface area contributed by atoms with Gasteiger partial charge in [-0.3, -0.25) is 9.69 Å². The molecule has 120 valence electrons. The largest absolute Gasteiger partial charge is 0.277 e. The molecule has 2 heteroatoms. The Kier molecular flexibility index (Phi) is 4.04. The Morgan fingerprint density at radius 3 is 2.08 bits per heavy atom. The standard InChI is InChI=1S/C22H21NO/c24-22-20-15-9-3-8-14-19(20)21(16-17-10-4-1-5-11-17)23(22)18-12-6-2-7-13-18/h1-2,4-7,10-13,16H,3,8-9,14-15H2/b21-16-. The minimum atomic E-state index is 0.167. The number of hydrogen-bond acceptors (Lipinski definition) is 1. The van der Waals surface area contributed by atoms with Gasteiger partial charge in [0, 0.05) is 11.3 Å². The van der Waals surface area contributed by atoms with Gasteiger partial charge in [0.1, 0.15) is 0 Å². The number of carbonyl (C=O) groups excluding carboxylic acids is 1. The highest BCUT2D eigenvalue weighted by atomic mass is 16.2. The Hall–Kier alpha value is -2.61. The molecule has 0 atom stereocenters. The third-order valence-electron chi connectivity index (χ3n) is 4.85. The van der Waals surface area contributed by atoms with Crippen LogP contribution in [0.5, 0.6) is 0 Å². The van der Waals surface area contributed by atoms with E-state index in [-0.39, 0.29) is 5.91 Å². The Labute approximate surface area is 143 Å². The average Bonchev–Trinajstić information content (AvgIpc) is 2.80. The lowest BCUT2D eigenvalue weighted by molar-refractivity contribution is -0.114. The van der Waals surface area contributed by atoms with Crippen LogP contribution in [0.4, 0.5) is 5.69 Å². The summed E-state index contributed by atoms with van der Waals surface area (Å²) in [5.74, 6) is 0.167. The fraction of sp³-hybridized carbons (Fsp3) is 0.227. The van der Waals surface area contributed by atoms with Gasteiger partial charge in [0.25, 0.3) is 5.91 Å². The molecule has 0 saturated heterocycles. The number of nitrogens with zero attached hydrogens (tertiary/aromatic N) is 1. The number of benzene rings is 2. The molecule has 2 nitrogen and oxygen atoms in total. The van der Waals surface area contributed by atoms with E-state index in [1.165, 1.54) is 18.4 Å². The molecule has 0 unspecified atom stereocenters. The van der Waals surface area contributed by atoms with E-state index < -0.39 is 0 Å². The average molecular weight is 315 g/mol. The van der Waals surface area contributed by atoms with Gasteiger partial charge in [-0.05, 0) is 55.0 Å². The fourth-order valence-electron chi connectivity index (χ4n) is 3.67. The molecule has 0 radical (unpaired) electrons. The van der Waals surface area contributed by atoms with Crippen molar-refractivity contribution < 1.29 is 4.79 Å². The van der Waals surface area contributed by atoms with Crippen molar-refractivity contribution in [1.82, 2.24) is 0 Å². The first-order chi connectivity index (χ1) is 11.8. The number of allylic oxidation sites excluding steroid dienone is 1. The zero-order valence-electron chi connectivity index (χ0n) is 13.7. The summed E-state index contributed by atoms with van der Waals surface area (Å²) in [6, 6.07) is 20.3. The summed E-state index contributed by atoms with van der Waals surface area (Å²) in [5.41, 5.74) is 5.44. The zero-order chi connectivity index (χ0) is 16.4. The second-order valence-corrected chi connectivity index (χ2v) is 6.43. The van der Waals surface area contributed by atoms with Crippen LogP contribution in [0.2, 0.25) is 0 Å². The van der Waals surface area contributed by atoms with Crippen molar-refractivity contribution in [3.8, 4) is 0 Å². The number of amides is 1. The predicted molar refractivity (Wildman–Crippen MR) is 98.5 cm³/mol. The molecular formula is C22H21NO. The van der Waals surface area contributed by atoms with Gasteiger partial charge in [0.15, 0.2) is 0 Å². The molecule has 1 heterocycles. The molecule has 24 heavy (non-hydrogen) atoms. The molecule has 2 aromatic carbocycles. The number of carbonyl (C=O) groups is 1. The van der Waals surface area contributed by atoms with Crippen molar-refractivity contribution in [1.29, 1.82) is 0 Å². The first-order valence-corrected chi connectivity index (χ1v) is 8.73. The maximum Gasteiger partial charge on any atom is 0.259 e. The van der Waals surface area contributed by atoms with Crippen LogP contribution < -0.4 is 4.90 Å². The smallest absolute Gasteiger partial charge is 0.259 e. The van der Waals surface area contributed by atoms with Gasteiger partial charge in [0.05, 0.1) is 5.70 Å². The van der Waals surface area contributed by atoms with Crippen molar-refractivity contribution >= 4 is 17.7 Å². The highest BCUT2D eigenvalue weighted by Crippen LogP contribution is 2.41. The molecule has 1 amide bonds. The van der Waals surface area contributed by atoms with E-state index in [2.05, 4.69) is 18.2 Å².